The van der Waals surface area contributed by atoms with E-state index in [4.69, 9.17) is 14.2 Å². The second-order valence-electron chi connectivity index (χ2n) is 8.40. The van der Waals surface area contributed by atoms with Crippen molar-refractivity contribution in [1.29, 1.82) is 0 Å². The lowest BCUT2D eigenvalue weighted by atomic mass is 9.92. The van der Waals surface area contributed by atoms with E-state index in [9.17, 15) is 9.90 Å². The first kappa shape index (κ1) is 26.9. The van der Waals surface area contributed by atoms with Gasteiger partial charge in [0, 0.05) is 25.9 Å². The zero-order valence-electron chi connectivity index (χ0n) is 21.1. The number of nitrogens with zero attached hydrogens (tertiary/aromatic N) is 1. The van der Waals surface area contributed by atoms with Gasteiger partial charge in [-0.1, -0.05) is 42.5 Å². The molecule has 0 radical (unpaired) electrons. The first-order chi connectivity index (χ1) is 17.5. The maximum absolute atomic E-state index is 13.7. The molecular formula is C29H34N2O5. The Morgan fingerprint density at radius 1 is 0.861 bits per heavy atom. The van der Waals surface area contributed by atoms with Gasteiger partial charge in [-0.25, -0.2) is 0 Å². The van der Waals surface area contributed by atoms with Crippen LogP contribution in [0.25, 0.3) is 11.1 Å². The van der Waals surface area contributed by atoms with E-state index in [1.807, 2.05) is 80.8 Å². The van der Waals surface area contributed by atoms with Crippen molar-refractivity contribution < 1.29 is 24.1 Å². The van der Waals surface area contributed by atoms with Gasteiger partial charge in [-0.15, -0.1) is 0 Å². The second-order valence-corrected chi connectivity index (χ2v) is 8.40. The van der Waals surface area contributed by atoms with E-state index >= 15 is 0 Å². The van der Waals surface area contributed by atoms with Gasteiger partial charge in [0.2, 0.25) is 0 Å². The summed E-state index contributed by atoms with van der Waals surface area (Å²) in [6, 6.07) is 24.2. The largest absolute Gasteiger partial charge is 0.492 e. The molecule has 0 saturated heterocycles. The van der Waals surface area contributed by atoms with Crippen molar-refractivity contribution in [1.82, 2.24) is 4.90 Å². The Bertz CT molecular complexity index is 1110. The van der Waals surface area contributed by atoms with Gasteiger partial charge >= 0.3 is 0 Å². The number of amides is 1. The van der Waals surface area contributed by atoms with Gasteiger partial charge in [0.05, 0.1) is 5.57 Å². The summed E-state index contributed by atoms with van der Waals surface area (Å²) in [5.74, 6) is 1.10. The minimum Gasteiger partial charge on any atom is -0.492 e. The molecule has 0 aliphatic rings. The Balaban J connectivity index is 1.91. The van der Waals surface area contributed by atoms with Crippen LogP contribution >= 0.6 is 0 Å². The summed E-state index contributed by atoms with van der Waals surface area (Å²) in [7, 11) is 5.55. The molecule has 3 rings (SSSR count). The van der Waals surface area contributed by atoms with Crippen molar-refractivity contribution in [3.05, 3.63) is 90.0 Å². The van der Waals surface area contributed by atoms with Crippen LogP contribution in [0.1, 0.15) is 17.5 Å². The molecule has 2 N–H and O–H groups in total. The number of benzene rings is 3. The van der Waals surface area contributed by atoms with Crippen LogP contribution in [0.15, 0.2) is 78.9 Å². The van der Waals surface area contributed by atoms with Crippen LogP contribution in [0.4, 0.5) is 5.69 Å². The van der Waals surface area contributed by atoms with Crippen LogP contribution in [0.2, 0.25) is 0 Å². The summed E-state index contributed by atoms with van der Waals surface area (Å²) in [5.41, 5.74) is 3.48. The third-order valence-electron chi connectivity index (χ3n) is 5.42. The van der Waals surface area contributed by atoms with Crippen LogP contribution in [0.5, 0.6) is 11.5 Å². The molecule has 0 fully saturated rings. The highest BCUT2D eigenvalue weighted by molar-refractivity contribution is 6.31. The fraction of sp³-hybridized carbons (Fsp3) is 0.276. The van der Waals surface area contributed by atoms with E-state index in [1.54, 1.807) is 19.2 Å². The molecule has 0 aromatic heterocycles. The van der Waals surface area contributed by atoms with E-state index in [0.29, 0.717) is 35.6 Å². The highest BCUT2D eigenvalue weighted by Crippen LogP contribution is 2.31. The number of hydrogen-bond acceptors (Lipinski definition) is 6. The minimum absolute atomic E-state index is 0.0883. The zero-order valence-corrected chi connectivity index (χ0v) is 21.1. The van der Waals surface area contributed by atoms with Gasteiger partial charge < -0.3 is 29.5 Å². The van der Waals surface area contributed by atoms with Crippen molar-refractivity contribution in [3.8, 4) is 11.5 Å². The molecule has 7 nitrogen and oxygen atoms in total. The van der Waals surface area contributed by atoms with E-state index in [-0.39, 0.29) is 19.3 Å². The predicted octanol–water partition coefficient (Wildman–Crippen LogP) is 4.54. The fourth-order valence-corrected chi connectivity index (χ4v) is 3.63. The van der Waals surface area contributed by atoms with Crippen molar-refractivity contribution in [2.24, 2.45) is 0 Å². The van der Waals surface area contributed by atoms with Crippen LogP contribution in [0, 0.1) is 0 Å². The van der Waals surface area contributed by atoms with E-state index in [2.05, 4.69) is 10.2 Å². The quantitative estimate of drug-likeness (QED) is 0.208. The minimum atomic E-state index is -0.269. The topological polar surface area (TPSA) is 80.3 Å². The van der Waals surface area contributed by atoms with E-state index < -0.39 is 0 Å². The molecule has 0 heterocycles. The molecule has 3 aromatic carbocycles. The van der Waals surface area contributed by atoms with Gasteiger partial charge in [0.1, 0.15) is 18.1 Å². The Hall–Kier alpha value is -3.65. The summed E-state index contributed by atoms with van der Waals surface area (Å²) >= 11 is 0. The number of likely N-dealkylation sites (N-methyl/N-ethyl adjacent to an activating group) is 1. The number of carbonyl (C=O) groups excluding carboxylic acids is 1. The Labute approximate surface area is 212 Å². The van der Waals surface area contributed by atoms with Crippen molar-refractivity contribution >= 4 is 22.7 Å². The Morgan fingerprint density at radius 3 is 2.11 bits per heavy atom. The number of carbonyl (C=O) groups is 1. The SMILES string of the molecule is COCOc1ccc(/C(C(=O)Nc2ccc(OCCN(C)C)cc2)=C(/CCO)c2ccccc2)cc1. The van der Waals surface area contributed by atoms with Crippen LogP contribution in [0.3, 0.4) is 0 Å². The Kier molecular flexibility index (Phi) is 10.5. The van der Waals surface area contributed by atoms with Gasteiger partial charge in [-0.3, -0.25) is 4.79 Å². The summed E-state index contributed by atoms with van der Waals surface area (Å²) < 4.78 is 16.2. The van der Waals surface area contributed by atoms with Crippen molar-refractivity contribution in [2.45, 2.75) is 6.42 Å². The van der Waals surface area contributed by atoms with Gasteiger partial charge in [0.25, 0.3) is 5.91 Å². The molecule has 0 aliphatic carbocycles. The number of anilines is 1. The first-order valence-corrected chi connectivity index (χ1v) is 11.8. The lowest BCUT2D eigenvalue weighted by Crippen LogP contribution is -2.19. The normalized spacial score (nSPS) is 11.7. The number of aliphatic hydroxyl groups is 1. The maximum Gasteiger partial charge on any atom is 0.256 e. The molecule has 0 aliphatic heterocycles. The monoisotopic (exact) mass is 490 g/mol. The van der Waals surface area contributed by atoms with Crippen LogP contribution in [-0.4, -0.2) is 63.7 Å². The molecule has 190 valence electrons. The maximum atomic E-state index is 13.7. The zero-order chi connectivity index (χ0) is 25.8. The molecule has 0 saturated carbocycles. The average molecular weight is 491 g/mol. The highest BCUT2D eigenvalue weighted by Gasteiger charge is 2.19. The summed E-state index contributed by atoms with van der Waals surface area (Å²) in [6.07, 6.45) is 0.327. The number of aliphatic hydroxyl groups excluding tert-OH is 1. The van der Waals surface area contributed by atoms with Crippen molar-refractivity contribution in [3.63, 3.8) is 0 Å². The second kappa shape index (κ2) is 14.0. The Morgan fingerprint density at radius 2 is 1.50 bits per heavy atom. The molecule has 0 atom stereocenters. The third kappa shape index (κ3) is 7.95. The number of ether oxygens (including phenoxy) is 3. The molecule has 0 unspecified atom stereocenters. The van der Waals surface area contributed by atoms with Gasteiger partial charge in [0.15, 0.2) is 6.79 Å². The smallest absolute Gasteiger partial charge is 0.256 e. The molecule has 1 amide bonds. The van der Waals surface area contributed by atoms with Gasteiger partial charge in [-0.05, 0) is 73.6 Å². The van der Waals surface area contributed by atoms with Crippen LogP contribution in [-0.2, 0) is 9.53 Å². The van der Waals surface area contributed by atoms with Gasteiger partial charge in [-0.2, -0.15) is 0 Å². The third-order valence-corrected chi connectivity index (χ3v) is 5.42. The highest BCUT2D eigenvalue weighted by atomic mass is 16.7. The van der Waals surface area contributed by atoms with E-state index in [0.717, 1.165) is 23.4 Å². The standard InChI is InChI=1S/C29H34N2O5/c1-31(2)18-20-35-25-15-11-24(12-16-25)30-29(33)28(23-9-13-26(14-10-23)36-21-34-3)27(17-19-32)22-7-5-4-6-8-22/h4-16,32H,17-21H2,1-3H3,(H,30,33)/b28-27+. The number of hydrogen-bond donors (Lipinski definition) is 2. The lowest BCUT2D eigenvalue weighted by molar-refractivity contribution is -0.111. The van der Waals surface area contributed by atoms with Crippen molar-refractivity contribution in [2.75, 3.05) is 53.1 Å². The summed E-state index contributed by atoms with van der Waals surface area (Å²) in [6.45, 7) is 1.44. The van der Waals surface area contributed by atoms with Crippen LogP contribution < -0.4 is 14.8 Å². The summed E-state index contributed by atoms with van der Waals surface area (Å²) in [4.78, 5) is 15.7. The molecule has 7 heteroatoms. The lowest BCUT2D eigenvalue weighted by Gasteiger charge is -2.17. The number of rotatable bonds is 13. The number of nitrogens with one attached hydrogen (secondary N) is 1. The molecule has 3 aromatic rings. The molecule has 0 spiro atoms. The molecule has 36 heavy (non-hydrogen) atoms. The van der Waals surface area contributed by atoms with E-state index in [1.165, 1.54) is 0 Å². The predicted molar refractivity (Wildman–Crippen MR) is 143 cm³/mol. The first-order valence-electron chi connectivity index (χ1n) is 11.8. The number of methoxy groups -OCH3 is 1. The molecule has 0 bridgehead atoms. The fourth-order valence-electron chi connectivity index (χ4n) is 3.63. The average Bonchev–Trinajstić information content (AvgIpc) is 2.89. The molecular weight excluding hydrogens is 456 g/mol. The summed E-state index contributed by atoms with van der Waals surface area (Å²) in [5, 5.41) is 12.8.